The van der Waals surface area contributed by atoms with E-state index in [1.807, 2.05) is 17.9 Å². The molecule has 0 amide bonds. The van der Waals surface area contributed by atoms with E-state index < -0.39 is 0 Å². The fourth-order valence-electron chi connectivity index (χ4n) is 1.15. The van der Waals surface area contributed by atoms with Crippen LogP contribution in [0.5, 0.6) is 0 Å². The second-order valence-corrected chi connectivity index (χ2v) is 2.42. The van der Waals surface area contributed by atoms with Crippen molar-refractivity contribution in [3.05, 3.63) is 12.7 Å². The molecule has 0 spiro atoms. The predicted octanol–water partition coefficient (Wildman–Crippen LogP) is -0.786. The quantitative estimate of drug-likeness (QED) is 0.439. The Labute approximate surface area is 59.1 Å². The van der Waals surface area contributed by atoms with Gasteiger partial charge in [0.15, 0.2) is 6.33 Å². The van der Waals surface area contributed by atoms with Crippen molar-refractivity contribution in [2.75, 3.05) is 18.5 Å². The zero-order valence-electron chi connectivity index (χ0n) is 5.86. The maximum atomic E-state index is 4.12. The smallest absolute Gasteiger partial charge is 0.281 e. The van der Waals surface area contributed by atoms with Crippen LogP contribution in [0.4, 0.5) is 5.95 Å². The standard InChI is InChI=1S/C6H9N4/c1-9-2-3-10-5-7-4-8-6(9)10/h4-5H,2-3H2,1H3/q+1. The highest BCUT2D eigenvalue weighted by atomic mass is 15.3. The van der Waals surface area contributed by atoms with Gasteiger partial charge in [0.05, 0.1) is 13.1 Å². The molecule has 4 nitrogen and oxygen atoms in total. The predicted molar refractivity (Wildman–Crippen MR) is 35.5 cm³/mol. The Morgan fingerprint density at radius 2 is 2.60 bits per heavy atom. The molecule has 0 aromatic carbocycles. The van der Waals surface area contributed by atoms with Gasteiger partial charge >= 0.3 is 5.95 Å². The van der Waals surface area contributed by atoms with Gasteiger partial charge in [-0.05, 0) is 0 Å². The Balaban J connectivity index is 2.51. The van der Waals surface area contributed by atoms with Crippen LogP contribution in [0.2, 0.25) is 0 Å². The van der Waals surface area contributed by atoms with E-state index in [1.165, 1.54) is 0 Å². The zero-order chi connectivity index (χ0) is 6.97. The molecule has 0 fully saturated rings. The number of hydrogen-bond donors (Lipinski definition) is 0. The lowest BCUT2D eigenvalue weighted by Gasteiger charge is -1.99. The summed E-state index contributed by atoms with van der Waals surface area (Å²) in [4.78, 5) is 10.1. The van der Waals surface area contributed by atoms with Crippen LogP contribution < -0.4 is 9.47 Å². The highest BCUT2D eigenvalue weighted by molar-refractivity contribution is 5.21. The third kappa shape index (κ3) is 0.650. The van der Waals surface area contributed by atoms with Crippen molar-refractivity contribution in [1.82, 2.24) is 9.97 Å². The number of anilines is 1. The Morgan fingerprint density at radius 3 is 3.40 bits per heavy atom. The van der Waals surface area contributed by atoms with Crippen molar-refractivity contribution in [3.63, 3.8) is 0 Å². The molecular formula is C6H9N4+. The van der Waals surface area contributed by atoms with Crippen LogP contribution in [-0.4, -0.2) is 23.6 Å². The number of nitrogens with zero attached hydrogens (tertiary/aromatic N) is 4. The van der Waals surface area contributed by atoms with Crippen molar-refractivity contribution in [3.8, 4) is 0 Å². The molecule has 0 aliphatic carbocycles. The lowest BCUT2D eigenvalue weighted by atomic mass is 10.6. The van der Waals surface area contributed by atoms with Gasteiger partial charge in [0.25, 0.3) is 0 Å². The van der Waals surface area contributed by atoms with Crippen LogP contribution >= 0.6 is 0 Å². The van der Waals surface area contributed by atoms with Crippen LogP contribution in [0, 0.1) is 0 Å². The van der Waals surface area contributed by atoms with Crippen molar-refractivity contribution in [2.45, 2.75) is 6.54 Å². The monoisotopic (exact) mass is 137 g/mol. The fraction of sp³-hybridized carbons (Fsp3) is 0.500. The molecule has 52 valence electrons. The minimum atomic E-state index is 1.01. The highest BCUT2D eigenvalue weighted by Gasteiger charge is 2.21. The van der Waals surface area contributed by atoms with Crippen molar-refractivity contribution < 1.29 is 4.57 Å². The SMILES string of the molecule is CN1CC[n+]2cncnc21. The zero-order valence-corrected chi connectivity index (χ0v) is 5.86. The molecule has 4 heteroatoms. The molecule has 0 bridgehead atoms. The Kier molecular flexibility index (Phi) is 1.06. The number of hydrogen-bond acceptors (Lipinski definition) is 3. The summed E-state index contributed by atoms with van der Waals surface area (Å²) >= 11 is 0. The van der Waals surface area contributed by atoms with Crippen molar-refractivity contribution >= 4 is 5.95 Å². The lowest BCUT2D eigenvalue weighted by Crippen LogP contribution is -2.32. The first-order chi connectivity index (χ1) is 4.88. The molecule has 1 aromatic heterocycles. The van der Waals surface area contributed by atoms with Gasteiger partial charge in [-0.25, -0.2) is 4.57 Å². The van der Waals surface area contributed by atoms with Crippen LogP contribution in [0.3, 0.4) is 0 Å². The normalized spacial score (nSPS) is 15.5. The first kappa shape index (κ1) is 5.58. The maximum Gasteiger partial charge on any atom is 0.351 e. The summed E-state index contributed by atoms with van der Waals surface area (Å²) in [5.74, 6) is 1.01. The van der Waals surface area contributed by atoms with E-state index in [1.54, 1.807) is 6.33 Å². The van der Waals surface area contributed by atoms with Crippen molar-refractivity contribution in [2.24, 2.45) is 0 Å². The number of aromatic nitrogens is 3. The van der Waals surface area contributed by atoms with Crippen LogP contribution in [0.1, 0.15) is 0 Å². The summed E-state index contributed by atoms with van der Waals surface area (Å²) in [5.41, 5.74) is 0. The molecule has 0 N–H and O–H groups in total. The second kappa shape index (κ2) is 1.90. The van der Waals surface area contributed by atoms with Crippen LogP contribution in [-0.2, 0) is 6.54 Å². The molecule has 0 saturated heterocycles. The molecule has 1 aliphatic heterocycles. The molecule has 1 aromatic rings. The van der Waals surface area contributed by atoms with Gasteiger partial charge in [0, 0.05) is 7.05 Å². The van der Waals surface area contributed by atoms with Gasteiger partial charge in [0.1, 0.15) is 0 Å². The van der Waals surface area contributed by atoms with E-state index in [9.17, 15) is 0 Å². The van der Waals surface area contributed by atoms with Gasteiger partial charge in [-0.3, -0.25) is 4.90 Å². The maximum absolute atomic E-state index is 4.12. The van der Waals surface area contributed by atoms with E-state index in [0.29, 0.717) is 0 Å². The number of likely N-dealkylation sites (N-methyl/N-ethyl adjacent to an activating group) is 1. The molecule has 0 unspecified atom stereocenters. The van der Waals surface area contributed by atoms with Gasteiger partial charge in [-0.1, -0.05) is 4.98 Å². The topological polar surface area (TPSA) is 32.9 Å². The van der Waals surface area contributed by atoms with Gasteiger partial charge in [-0.15, -0.1) is 4.98 Å². The van der Waals surface area contributed by atoms with Gasteiger partial charge in [0.2, 0.25) is 6.33 Å². The molecular weight excluding hydrogens is 128 g/mol. The summed E-state index contributed by atoms with van der Waals surface area (Å²) in [6.45, 7) is 2.05. The van der Waals surface area contributed by atoms with E-state index in [-0.39, 0.29) is 0 Å². The first-order valence-electron chi connectivity index (χ1n) is 3.28. The minimum Gasteiger partial charge on any atom is -0.281 e. The second-order valence-electron chi connectivity index (χ2n) is 2.42. The Bertz CT molecular complexity index is 247. The largest absolute Gasteiger partial charge is 0.351 e. The summed E-state index contributed by atoms with van der Waals surface area (Å²) < 4.78 is 2.04. The highest BCUT2D eigenvalue weighted by Crippen LogP contribution is 2.03. The Morgan fingerprint density at radius 1 is 1.70 bits per heavy atom. The summed E-state index contributed by atoms with van der Waals surface area (Å²) in [6.07, 6.45) is 3.39. The molecule has 2 rings (SSSR count). The number of rotatable bonds is 0. The first-order valence-corrected chi connectivity index (χ1v) is 3.28. The molecule has 1 aliphatic rings. The fourth-order valence-corrected chi connectivity index (χ4v) is 1.15. The van der Waals surface area contributed by atoms with E-state index in [2.05, 4.69) is 14.9 Å². The van der Waals surface area contributed by atoms with E-state index in [4.69, 9.17) is 0 Å². The average molecular weight is 137 g/mol. The Hall–Kier alpha value is -1.19. The molecule has 2 heterocycles. The average Bonchev–Trinajstić information content (AvgIpc) is 2.34. The molecule has 0 saturated carbocycles. The summed E-state index contributed by atoms with van der Waals surface area (Å²) in [6, 6.07) is 0. The third-order valence-corrected chi connectivity index (χ3v) is 1.72. The van der Waals surface area contributed by atoms with Crippen LogP contribution in [0.25, 0.3) is 0 Å². The minimum absolute atomic E-state index is 1.01. The van der Waals surface area contributed by atoms with E-state index >= 15 is 0 Å². The summed E-state index contributed by atoms with van der Waals surface area (Å²) in [5, 5.41) is 0. The summed E-state index contributed by atoms with van der Waals surface area (Å²) in [7, 11) is 2.03. The van der Waals surface area contributed by atoms with Crippen molar-refractivity contribution in [1.29, 1.82) is 0 Å². The molecule has 0 atom stereocenters. The lowest BCUT2D eigenvalue weighted by molar-refractivity contribution is -0.676. The molecule has 10 heavy (non-hydrogen) atoms. The van der Waals surface area contributed by atoms with Crippen LogP contribution in [0.15, 0.2) is 12.7 Å². The molecule has 0 radical (unpaired) electrons. The van der Waals surface area contributed by atoms with Gasteiger partial charge in [-0.2, -0.15) is 0 Å². The third-order valence-electron chi connectivity index (χ3n) is 1.72. The van der Waals surface area contributed by atoms with Gasteiger partial charge < -0.3 is 0 Å². The van der Waals surface area contributed by atoms with E-state index in [0.717, 1.165) is 19.0 Å². The number of fused-ring (bicyclic) bond motifs is 1.